The van der Waals surface area contributed by atoms with Crippen molar-refractivity contribution >= 4 is 11.9 Å². The van der Waals surface area contributed by atoms with Gasteiger partial charge in [-0.3, -0.25) is 4.79 Å². The molecular weight excluding hydrogens is 496 g/mol. The SMILES string of the molecule is CC(=O)O[C@H]1C[C@@]2(C)[C@@H](C[C@@H](O)[C@H]3[C@@]4(C)CC[C@@H](O)[C@@H](N)[C@@H]4CC[C@@]32N)/C1=C(\CCC=C1CCCC1)C(=O)O. The molecule has 0 aliphatic heterocycles. The van der Waals surface area contributed by atoms with Crippen molar-refractivity contribution in [2.24, 2.45) is 40.1 Å². The molecule has 5 rings (SSSR count). The smallest absolute Gasteiger partial charge is 0.331 e. The molecule has 0 heterocycles. The van der Waals surface area contributed by atoms with Gasteiger partial charge in [0, 0.05) is 30.0 Å². The van der Waals surface area contributed by atoms with Crippen molar-refractivity contribution in [2.75, 3.05) is 0 Å². The van der Waals surface area contributed by atoms with Crippen LogP contribution in [0.5, 0.6) is 0 Å². The fourth-order valence-corrected chi connectivity index (χ4v) is 10.0. The topological polar surface area (TPSA) is 156 Å². The Morgan fingerprint density at radius 1 is 1.10 bits per heavy atom. The second-order valence-corrected chi connectivity index (χ2v) is 13.8. The van der Waals surface area contributed by atoms with Gasteiger partial charge in [0.2, 0.25) is 0 Å². The Labute approximate surface area is 232 Å². The van der Waals surface area contributed by atoms with Crippen molar-refractivity contribution in [3.8, 4) is 0 Å². The van der Waals surface area contributed by atoms with Gasteiger partial charge in [0.15, 0.2) is 0 Å². The van der Waals surface area contributed by atoms with Gasteiger partial charge >= 0.3 is 11.9 Å². The number of aliphatic hydroxyl groups is 2. The molecule has 5 saturated carbocycles. The van der Waals surface area contributed by atoms with Crippen LogP contribution in [0.15, 0.2) is 22.8 Å². The van der Waals surface area contributed by atoms with Gasteiger partial charge in [-0.15, -0.1) is 0 Å². The zero-order chi connectivity index (χ0) is 28.3. The second-order valence-electron chi connectivity index (χ2n) is 13.8. The lowest BCUT2D eigenvalue weighted by atomic mass is 9.39. The van der Waals surface area contributed by atoms with Crippen molar-refractivity contribution in [1.29, 1.82) is 0 Å². The Morgan fingerprint density at radius 2 is 1.79 bits per heavy atom. The molecule has 0 amide bonds. The third-order valence-electron chi connectivity index (χ3n) is 11.9. The minimum atomic E-state index is -0.984. The van der Waals surface area contributed by atoms with E-state index in [4.69, 9.17) is 16.2 Å². The number of carbonyl (C=O) groups is 2. The molecule has 8 nitrogen and oxygen atoms in total. The van der Waals surface area contributed by atoms with E-state index in [1.54, 1.807) is 0 Å². The van der Waals surface area contributed by atoms with Crippen molar-refractivity contribution in [3.63, 3.8) is 0 Å². The first-order chi connectivity index (χ1) is 18.3. The molecule has 39 heavy (non-hydrogen) atoms. The summed E-state index contributed by atoms with van der Waals surface area (Å²) in [4.78, 5) is 25.0. The minimum Gasteiger partial charge on any atom is -0.478 e. The fourth-order valence-electron chi connectivity index (χ4n) is 10.0. The van der Waals surface area contributed by atoms with Gasteiger partial charge in [-0.25, -0.2) is 4.79 Å². The molecular formula is C31H48N2O6. The van der Waals surface area contributed by atoms with E-state index in [0.29, 0.717) is 49.7 Å². The second kappa shape index (κ2) is 10.3. The highest BCUT2D eigenvalue weighted by Gasteiger charge is 2.71. The van der Waals surface area contributed by atoms with Crippen LogP contribution in [0, 0.1) is 28.6 Å². The van der Waals surface area contributed by atoms with E-state index >= 15 is 0 Å². The number of carboxylic acids is 1. The molecule has 0 saturated heterocycles. The van der Waals surface area contributed by atoms with Crippen LogP contribution >= 0.6 is 0 Å². The molecule has 0 radical (unpaired) electrons. The Morgan fingerprint density at radius 3 is 2.44 bits per heavy atom. The summed E-state index contributed by atoms with van der Waals surface area (Å²) in [5.74, 6) is -1.92. The molecule has 0 spiro atoms. The fraction of sp³-hybridized carbons (Fsp3) is 0.806. The molecule has 5 aliphatic carbocycles. The number of hydrogen-bond acceptors (Lipinski definition) is 7. The summed E-state index contributed by atoms with van der Waals surface area (Å²) in [6, 6.07) is -0.355. The number of carbonyl (C=O) groups excluding carboxylic acids is 1. The van der Waals surface area contributed by atoms with Crippen LogP contribution in [0.1, 0.15) is 97.8 Å². The standard InChI is InChI=1S/C31H48N2O6/c1-17(34)39-24-16-30(3)21(25(24)19(28(37)38)10-6-9-18-7-4-5-8-18)15-23(36)27-29(2)13-12-22(35)26(32)20(29)11-14-31(27,30)33/h9,20-24,26-27,35-36H,4-8,10-16,32-33H2,1-3H3,(H,37,38)/b25-19-/t20-,21-,22+,23+,24-,26-,27-,29-,30-,31+/m0/s1. The van der Waals surface area contributed by atoms with E-state index in [2.05, 4.69) is 19.9 Å². The third-order valence-corrected chi connectivity index (χ3v) is 11.9. The Hall–Kier alpha value is -1.74. The highest BCUT2D eigenvalue weighted by Crippen LogP contribution is 2.69. The first kappa shape index (κ1) is 28.8. The van der Waals surface area contributed by atoms with Crippen LogP contribution in [0.4, 0.5) is 0 Å². The summed E-state index contributed by atoms with van der Waals surface area (Å²) in [6.45, 7) is 5.67. The highest BCUT2D eigenvalue weighted by molar-refractivity contribution is 5.88. The first-order valence-electron chi connectivity index (χ1n) is 15.1. The third kappa shape index (κ3) is 4.50. The van der Waals surface area contributed by atoms with Crippen LogP contribution in [0.2, 0.25) is 0 Å². The molecule has 0 aromatic rings. The molecule has 0 unspecified atom stereocenters. The molecule has 0 bridgehead atoms. The Bertz CT molecular complexity index is 1060. The van der Waals surface area contributed by atoms with E-state index < -0.39 is 41.2 Å². The van der Waals surface area contributed by atoms with Crippen LogP contribution in [-0.4, -0.2) is 57.2 Å². The largest absolute Gasteiger partial charge is 0.478 e. The quantitative estimate of drug-likeness (QED) is 0.200. The number of esters is 1. The molecule has 0 aromatic heterocycles. The van der Waals surface area contributed by atoms with Crippen molar-refractivity contribution in [3.05, 3.63) is 22.8 Å². The molecule has 10 atom stereocenters. The zero-order valence-corrected chi connectivity index (χ0v) is 23.8. The maximum Gasteiger partial charge on any atom is 0.331 e. The molecule has 5 fully saturated rings. The summed E-state index contributed by atoms with van der Waals surface area (Å²) >= 11 is 0. The number of nitrogens with two attached hydrogens (primary N) is 2. The van der Waals surface area contributed by atoms with Crippen molar-refractivity contribution in [1.82, 2.24) is 0 Å². The van der Waals surface area contributed by atoms with Gasteiger partial charge < -0.3 is 31.5 Å². The van der Waals surface area contributed by atoms with Gasteiger partial charge in [-0.2, -0.15) is 0 Å². The molecule has 7 N–H and O–H groups in total. The van der Waals surface area contributed by atoms with Crippen LogP contribution < -0.4 is 11.5 Å². The number of aliphatic hydroxyl groups excluding tert-OH is 2. The number of hydrogen-bond donors (Lipinski definition) is 5. The number of aliphatic carboxylic acids is 1. The average Bonchev–Trinajstić information content (AvgIpc) is 3.46. The number of ether oxygens (including phenoxy) is 1. The highest BCUT2D eigenvalue weighted by atomic mass is 16.5. The van der Waals surface area contributed by atoms with Gasteiger partial charge in [-0.05, 0) is 105 Å². The number of fused-ring (bicyclic) bond motifs is 5. The number of rotatable bonds is 5. The van der Waals surface area contributed by atoms with Gasteiger partial charge in [-0.1, -0.05) is 25.5 Å². The predicted octanol–water partition coefficient (Wildman–Crippen LogP) is 3.58. The molecule has 0 aromatic carbocycles. The summed E-state index contributed by atoms with van der Waals surface area (Å²) in [5.41, 5.74) is 14.7. The first-order valence-corrected chi connectivity index (χ1v) is 15.1. The summed E-state index contributed by atoms with van der Waals surface area (Å²) in [7, 11) is 0. The van der Waals surface area contributed by atoms with E-state index in [1.165, 1.54) is 25.3 Å². The van der Waals surface area contributed by atoms with Crippen LogP contribution in [0.25, 0.3) is 0 Å². The van der Waals surface area contributed by atoms with E-state index in [0.717, 1.165) is 25.7 Å². The van der Waals surface area contributed by atoms with E-state index in [-0.39, 0.29) is 29.2 Å². The van der Waals surface area contributed by atoms with Gasteiger partial charge in [0.05, 0.1) is 12.2 Å². The maximum absolute atomic E-state index is 12.7. The van der Waals surface area contributed by atoms with E-state index in [9.17, 15) is 24.9 Å². The minimum absolute atomic E-state index is 0.0524. The maximum atomic E-state index is 12.7. The summed E-state index contributed by atoms with van der Waals surface area (Å²) in [6.07, 6.45) is 9.26. The lowest BCUT2D eigenvalue weighted by Crippen LogP contribution is -2.75. The van der Waals surface area contributed by atoms with E-state index in [1.807, 2.05) is 0 Å². The normalized spacial score (nSPS) is 46.6. The lowest BCUT2D eigenvalue weighted by molar-refractivity contribution is -0.193. The van der Waals surface area contributed by atoms with Gasteiger partial charge in [0.1, 0.15) is 6.10 Å². The summed E-state index contributed by atoms with van der Waals surface area (Å²) < 4.78 is 5.85. The average molecular weight is 545 g/mol. The molecule has 218 valence electrons. The zero-order valence-electron chi connectivity index (χ0n) is 23.8. The number of carboxylic acid groups (broad SMARTS) is 1. The monoisotopic (exact) mass is 544 g/mol. The number of allylic oxidation sites excluding steroid dienone is 2. The van der Waals surface area contributed by atoms with Crippen molar-refractivity contribution < 1.29 is 29.6 Å². The lowest BCUT2D eigenvalue weighted by Gasteiger charge is -2.68. The predicted molar refractivity (Wildman–Crippen MR) is 147 cm³/mol. The Kier molecular flexibility index (Phi) is 7.58. The van der Waals surface area contributed by atoms with Crippen LogP contribution in [-0.2, 0) is 14.3 Å². The van der Waals surface area contributed by atoms with Crippen LogP contribution in [0.3, 0.4) is 0 Å². The van der Waals surface area contributed by atoms with Crippen molar-refractivity contribution in [2.45, 2.75) is 128 Å². The Balaban J connectivity index is 1.56. The molecule has 8 heteroatoms. The summed E-state index contributed by atoms with van der Waals surface area (Å²) in [5, 5.41) is 32.8. The molecule has 5 aliphatic rings. The van der Waals surface area contributed by atoms with Gasteiger partial charge in [0.25, 0.3) is 0 Å².